The summed E-state index contributed by atoms with van der Waals surface area (Å²) in [6, 6.07) is 8.35. The van der Waals surface area contributed by atoms with E-state index in [0.717, 1.165) is 37.4 Å². The number of hydrogen-bond acceptors (Lipinski definition) is 5. The van der Waals surface area contributed by atoms with E-state index in [1.807, 2.05) is 18.2 Å². The fourth-order valence-electron chi connectivity index (χ4n) is 4.21. The molecule has 3 aliphatic rings. The van der Waals surface area contributed by atoms with Gasteiger partial charge in [-0.2, -0.15) is 0 Å². The summed E-state index contributed by atoms with van der Waals surface area (Å²) in [6.07, 6.45) is 1.87. The zero-order chi connectivity index (χ0) is 16.3. The van der Waals surface area contributed by atoms with Gasteiger partial charge in [0.25, 0.3) is 0 Å². The van der Waals surface area contributed by atoms with Gasteiger partial charge in [0.05, 0.1) is 7.11 Å². The number of nitrogens with zero attached hydrogens (tertiary/aromatic N) is 1. The van der Waals surface area contributed by atoms with Crippen LogP contribution >= 0.6 is 0 Å². The van der Waals surface area contributed by atoms with E-state index >= 15 is 0 Å². The van der Waals surface area contributed by atoms with Crippen LogP contribution in [0.5, 0.6) is 23.0 Å². The van der Waals surface area contributed by atoms with Gasteiger partial charge in [-0.1, -0.05) is 6.07 Å². The highest BCUT2D eigenvalue weighted by Crippen LogP contribution is 2.46. The van der Waals surface area contributed by atoms with Crippen LogP contribution in [0.1, 0.15) is 28.3 Å². The summed E-state index contributed by atoms with van der Waals surface area (Å²) >= 11 is 0. The minimum absolute atomic E-state index is 0.226. The fourth-order valence-corrected chi connectivity index (χ4v) is 4.21. The van der Waals surface area contributed by atoms with Crippen molar-refractivity contribution in [3.63, 3.8) is 0 Å². The summed E-state index contributed by atoms with van der Waals surface area (Å²) < 4.78 is 16.5. The third-order valence-electron chi connectivity index (χ3n) is 5.42. The van der Waals surface area contributed by atoms with Crippen molar-refractivity contribution in [1.29, 1.82) is 0 Å². The molecule has 0 unspecified atom stereocenters. The highest BCUT2D eigenvalue weighted by atomic mass is 16.7. The second kappa shape index (κ2) is 5.05. The predicted octanol–water partition coefficient (Wildman–Crippen LogP) is 2.79. The molecule has 3 aliphatic heterocycles. The Balaban J connectivity index is 1.58. The molecule has 0 amide bonds. The smallest absolute Gasteiger partial charge is 0.231 e. The lowest BCUT2D eigenvalue weighted by molar-refractivity contribution is 0.151. The van der Waals surface area contributed by atoms with Crippen molar-refractivity contribution >= 4 is 0 Å². The minimum Gasteiger partial charge on any atom is -0.504 e. The van der Waals surface area contributed by atoms with Crippen LogP contribution in [0.2, 0.25) is 0 Å². The van der Waals surface area contributed by atoms with Gasteiger partial charge in [-0.3, -0.25) is 4.90 Å². The number of benzene rings is 2. The number of aromatic hydroxyl groups is 1. The first-order valence-corrected chi connectivity index (χ1v) is 8.29. The number of methoxy groups -OCH3 is 1. The average Bonchev–Trinajstić information content (AvgIpc) is 3.08. The van der Waals surface area contributed by atoms with Gasteiger partial charge in [0, 0.05) is 24.7 Å². The van der Waals surface area contributed by atoms with Crippen molar-refractivity contribution in [3.8, 4) is 23.0 Å². The summed E-state index contributed by atoms with van der Waals surface area (Å²) in [4.78, 5) is 2.49. The van der Waals surface area contributed by atoms with Crippen LogP contribution in [0.3, 0.4) is 0 Å². The molecule has 1 N–H and O–H groups in total. The zero-order valence-electron chi connectivity index (χ0n) is 13.5. The Kier molecular flexibility index (Phi) is 2.94. The van der Waals surface area contributed by atoms with Crippen LogP contribution in [-0.4, -0.2) is 30.5 Å². The molecule has 2 aromatic rings. The van der Waals surface area contributed by atoms with E-state index in [9.17, 15) is 5.11 Å². The molecule has 0 aromatic heterocycles. The van der Waals surface area contributed by atoms with E-state index in [1.165, 1.54) is 22.3 Å². The molecule has 124 valence electrons. The molecule has 3 heterocycles. The van der Waals surface area contributed by atoms with Crippen LogP contribution < -0.4 is 14.2 Å². The molecule has 24 heavy (non-hydrogen) atoms. The van der Waals surface area contributed by atoms with Crippen molar-refractivity contribution in [2.75, 3.05) is 20.4 Å². The monoisotopic (exact) mass is 325 g/mol. The van der Waals surface area contributed by atoms with Gasteiger partial charge < -0.3 is 19.3 Å². The summed E-state index contributed by atoms with van der Waals surface area (Å²) in [5.74, 6) is 2.55. The maximum absolute atomic E-state index is 10.1. The summed E-state index contributed by atoms with van der Waals surface area (Å²) in [7, 11) is 1.60. The summed E-state index contributed by atoms with van der Waals surface area (Å²) in [5, 5.41) is 10.1. The maximum atomic E-state index is 10.1. The summed E-state index contributed by atoms with van der Waals surface area (Å²) in [5.41, 5.74) is 5.06. The lowest BCUT2D eigenvalue weighted by atomic mass is 9.83. The molecular formula is C19H19NO4. The highest BCUT2D eigenvalue weighted by molar-refractivity contribution is 5.55. The molecule has 5 rings (SSSR count). The lowest BCUT2D eigenvalue weighted by Crippen LogP contribution is -2.39. The highest BCUT2D eigenvalue weighted by Gasteiger charge is 2.35. The number of fused-ring (bicyclic) bond motifs is 6. The SMILES string of the molecule is COc1cc2c(cc1O)CCN1Cc3c(ccc4c3OCO4)C[C@@H]21. The van der Waals surface area contributed by atoms with Crippen molar-refractivity contribution in [1.82, 2.24) is 4.90 Å². The van der Waals surface area contributed by atoms with E-state index < -0.39 is 0 Å². The number of ether oxygens (including phenoxy) is 3. The van der Waals surface area contributed by atoms with E-state index in [1.54, 1.807) is 7.11 Å². The largest absolute Gasteiger partial charge is 0.504 e. The van der Waals surface area contributed by atoms with Crippen molar-refractivity contribution in [2.24, 2.45) is 0 Å². The molecule has 0 saturated carbocycles. The Morgan fingerprint density at radius 2 is 2.12 bits per heavy atom. The second-order valence-corrected chi connectivity index (χ2v) is 6.60. The van der Waals surface area contributed by atoms with Crippen molar-refractivity contribution in [2.45, 2.75) is 25.4 Å². The average molecular weight is 325 g/mol. The standard InChI is InChI=1S/C19H19NO4/c1-22-18-8-13-12(7-16(18)21)4-5-20-9-14-11(6-15(13)20)2-3-17-19(14)24-10-23-17/h2-3,7-8,15,21H,4-6,9-10H2,1H3/t15-/m0/s1. The van der Waals surface area contributed by atoms with E-state index in [-0.39, 0.29) is 5.75 Å². The maximum Gasteiger partial charge on any atom is 0.231 e. The topological polar surface area (TPSA) is 51.2 Å². The van der Waals surface area contributed by atoms with Crippen molar-refractivity contribution in [3.05, 3.63) is 46.5 Å². The lowest BCUT2D eigenvalue weighted by Gasteiger charge is -2.41. The van der Waals surface area contributed by atoms with Crippen LogP contribution in [0.4, 0.5) is 0 Å². The van der Waals surface area contributed by atoms with Crippen LogP contribution in [0, 0.1) is 0 Å². The Morgan fingerprint density at radius 3 is 3.00 bits per heavy atom. The Bertz CT molecular complexity index is 833. The molecule has 0 fully saturated rings. The number of hydrogen-bond donors (Lipinski definition) is 1. The molecule has 1 atom stereocenters. The Morgan fingerprint density at radius 1 is 1.21 bits per heavy atom. The first-order valence-electron chi connectivity index (χ1n) is 8.29. The Hall–Kier alpha value is -2.40. The van der Waals surface area contributed by atoms with Crippen LogP contribution in [0.25, 0.3) is 0 Å². The quantitative estimate of drug-likeness (QED) is 0.874. The van der Waals surface area contributed by atoms with E-state index in [0.29, 0.717) is 18.6 Å². The molecule has 5 nitrogen and oxygen atoms in total. The van der Waals surface area contributed by atoms with Gasteiger partial charge in [-0.15, -0.1) is 0 Å². The van der Waals surface area contributed by atoms with Gasteiger partial charge >= 0.3 is 0 Å². The van der Waals surface area contributed by atoms with E-state index in [2.05, 4.69) is 11.0 Å². The predicted molar refractivity (Wildman–Crippen MR) is 87.8 cm³/mol. The normalized spacial score (nSPS) is 21.0. The first-order chi connectivity index (χ1) is 11.7. The number of rotatable bonds is 1. The van der Waals surface area contributed by atoms with Crippen LogP contribution in [-0.2, 0) is 19.4 Å². The van der Waals surface area contributed by atoms with Gasteiger partial charge in [-0.25, -0.2) is 0 Å². The minimum atomic E-state index is 0.226. The first kappa shape index (κ1) is 14.0. The van der Waals surface area contributed by atoms with Crippen LogP contribution in [0.15, 0.2) is 24.3 Å². The molecule has 2 aromatic carbocycles. The molecule has 0 spiro atoms. The molecule has 0 bridgehead atoms. The van der Waals surface area contributed by atoms with Gasteiger partial charge in [-0.05, 0) is 47.7 Å². The molecule has 0 radical (unpaired) electrons. The van der Waals surface area contributed by atoms with E-state index in [4.69, 9.17) is 14.2 Å². The summed E-state index contributed by atoms with van der Waals surface area (Å²) in [6.45, 7) is 2.16. The third kappa shape index (κ3) is 1.91. The van der Waals surface area contributed by atoms with Gasteiger partial charge in [0.2, 0.25) is 6.79 Å². The Labute approximate surface area is 140 Å². The van der Waals surface area contributed by atoms with Crippen molar-refractivity contribution < 1.29 is 19.3 Å². The second-order valence-electron chi connectivity index (χ2n) is 6.60. The molecular weight excluding hydrogens is 306 g/mol. The number of phenols is 1. The molecule has 0 aliphatic carbocycles. The fraction of sp³-hybridized carbons (Fsp3) is 0.368. The molecule has 0 saturated heterocycles. The van der Waals surface area contributed by atoms with Gasteiger partial charge in [0.15, 0.2) is 23.0 Å². The van der Waals surface area contributed by atoms with Gasteiger partial charge in [0.1, 0.15) is 0 Å². The molecule has 5 heteroatoms. The number of phenolic OH excluding ortho intramolecular Hbond substituents is 1. The third-order valence-corrected chi connectivity index (χ3v) is 5.42. The zero-order valence-corrected chi connectivity index (χ0v) is 13.5.